The molecule has 37 heavy (non-hydrogen) atoms. The molecule has 2 fully saturated rings. The van der Waals surface area contributed by atoms with E-state index in [9.17, 15) is 18.6 Å². The average molecular weight is 547 g/mol. The van der Waals surface area contributed by atoms with Crippen molar-refractivity contribution in [2.45, 2.75) is 76.7 Å². The molecule has 3 aromatic heterocycles. The van der Waals surface area contributed by atoms with Crippen LogP contribution in [0.3, 0.4) is 0 Å². The quantitative estimate of drug-likeness (QED) is 0.294. The number of fused-ring (bicyclic) bond motifs is 1. The van der Waals surface area contributed by atoms with Crippen molar-refractivity contribution in [3.8, 4) is 10.6 Å². The fourth-order valence-electron chi connectivity index (χ4n) is 4.95. The molecule has 200 valence electrons. The first-order valence-corrected chi connectivity index (χ1v) is 15.6. The molecule has 0 bridgehead atoms. The lowest BCUT2D eigenvalue weighted by molar-refractivity contribution is -0.0442. The molecule has 3 heterocycles. The predicted molar refractivity (Wildman–Crippen MR) is 146 cm³/mol. The van der Waals surface area contributed by atoms with Gasteiger partial charge in [0, 0.05) is 30.3 Å². The Morgan fingerprint density at radius 3 is 2.68 bits per heavy atom. The molecule has 2 aliphatic rings. The minimum atomic E-state index is -3.31. The largest absolute Gasteiger partial charge is 0.388 e. The predicted octanol–water partition coefficient (Wildman–Crippen LogP) is 3.46. The van der Waals surface area contributed by atoms with E-state index in [0.29, 0.717) is 40.4 Å². The molecule has 0 spiro atoms. The van der Waals surface area contributed by atoms with Crippen molar-refractivity contribution in [2.24, 2.45) is 5.92 Å². The van der Waals surface area contributed by atoms with Gasteiger partial charge in [-0.25, -0.2) is 18.4 Å². The maximum absolute atomic E-state index is 11.9. The summed E-state index contributed by atoms with van der Waals surface area (Å²) in [5, 5.41) is 29.5. The van der Waals surface area contributed by atoms with E-state index in [-0.39, 0.29) is 18.2 Å². The van der Waals surface area contributed by atoms with Crippen LogP contribution in [0.2, 0.25) is 0 Å². The second-order valence-corrected chi connectivity index (χ2v) is 13.7. The Kier molecular flexibility index (Phi) is 6.88. The Morgan fingerprint density at radius 2 is 2.00 bits per heavy atom. The number of aliphatic hydroxyl groups excluding tert-OH is 1. The van der Waals surface area contributed by atoms with Gasteiger partial charge in [-0.05, 0) is 52.0 Å². The van der Waals surface area contributed by atoms with Crippen molar-refractivity contribution >= 4 is 43.2 Å². The zero-order valence-corrected chi connectivity index (χ0v) is 23.2. The third kappa shape index (κ3) is 5.43. The van der Waals surface area contributed by atoms with Crippen LogP contribution in [0.5, 0.6) is 0 Å². The Bertz CT molecular complexity index is 1420. The number of nitrogens with zero attached hydrogens (tertiary/aromatic N) is 4. The number of hydrogen-bond acceptors (Lipinski definition) is 11. The summed E-state index contributed by atoms with van der Waals surface area (Å²) >= 11 is 1.51. The van der Waals surface area contributed by atoms with E-state index in [4.69, 9.17) is 9.97 Å². The Balaban J connectivity index is 1.57. The lowest BCUT2D eigenvalue weighted by Crippen LogP contribution is -2.48. The van der Waals surface area contributed by atoms with Gasteiger partial charge in [-0.2, -0.15) is 4.98 Å². The first-order chi connectivity index (χ1) is 17.5. The molecule has 0 aromatic carbocycles. The van der Waals surface area contributed by atoms with Crippen LogP contribution < -0.4 is 10.6 Å². The molecule has 0 aliphatic heterocycles. The van der Waals surface area contributed by atoms with Gasteiger partial charge in [0.15, 0.2) is 5.72 Å². The summed E-state index contributed by atoms with van der Waals surface area (Å²) in [5.41, 5.74) is 1.47. The summed E-state index contributed by atoms with van der Waals surface area (Å²) in [4.78, 5) is 18.9. The topological polar surface area (TPSA) is 150 Å². The third-order valence-electron chi connectivity index (χ3n) is 7.27. The monoisotopic (exact) mass is 546 g/mol. The summed E-state index contributed by atoms with van der Waals surface area (Å²) < 4.78 is 24.8. The smallest absolute Gasteiger partial charge is 0.225 e. The molecular weight excluding hydrogens is 512 g/mol. The molecule has 3 aromatic rings. The van der Waals surface area contributed by atoms with Gasteiger partial charge in [-0.15, -0.1) is 11.3 Å². The summed E-state index contributed by atoms with van der Waals surface area (Å²) in [6, 6.07) is 2.08. The molecule has 12 heteroatoms. The Hall–Kier alpha value is -2.41. The Labute approximate surface area is 220 Å². The number of sulfone groups is 1. The molecule has 5 rings (SSSR count). The minimum absolute atomic E-state index is 0.132. The van der Waals surface area contributed by atoms with Crippen molar-refractivity contribution in [1.29, 1.82) is 0 Å². The standard InChI is InChI=1S/C25H34N6O4S2/c1-5-13(2)27-24-28-14(3)18(23-29-20-17(36-23)9-11-26-19(20)15-6-7-15)22(30-24)31-25(33)10-8-16(21(25)32)12-37(4,34)35/h9,11,13,15-16,21,32-33H,5-8,10,12H2,1-4H3,(H2,27,28,30,31). The van der Waals surface area contributed by atoms with Crippen LogP contribution in [0, 0.1) is 12.8 Å². The van der Waals surface area contributed by atoms with Crippen LogP contribution >= 0.6 is 11.3 Å². The number of nitrogens with one attached hydrogen (secondary N) is 2. The van der Waals surface area contributed by atoms with Crippen LogP contribution in [0.15, 0.2) is 12.3 Å². The highest BCUT2D eigenvalue weighted by molar-refractivity contribution is 7.90. The van der Waals surface area contributed by atoms with Crippen LogP contribution in [0.1, 0.15) is 63.3 Å². The third-order valence-corrected chi connectivity index (χ3v) is 9.35. The van der Waals surface area contributed by atoms with Crippen molar-refractivity contribution < 1.29 is 18.6 Å². The number of aromatic nitrogens is 4. The molecular formula is C25H34N6O4S2. The molecule has 2 saturated carbocycles. The van der Waals surface area contributed by atoms with Gasteiger partial charge >= 0.3 is 0 Å². The van der Waals surface area contributed by atoms with Gasteiger partial charge in [-0.3, -0.25) is 4.98 Å². The van der Waals surface area contributed by atoms with Gasteiger partial charge in [0.1, 0.15) is 32.3 Å². The zero-order valence-electron chi connectivity index (χ0n) is 21.5. The number of anilines is 2. The Morgan fingerprint density at radius 1 is 1.24 bits per heavy atom. The normalized spacial score (nSPS) is 24.9. The lowest BCUT2D eigenvalue weighted by Gasteiger charge is -2.31. The maximum Gasteiger partial charge on any atom is 0.225 e. The van der Waals surface area contributed by atoms with Gasteiger partial charge in [0.2, 0.25) is 5.95 Å². The number of rotatable bonds is 9. The molecule has 0 amide bonds. The number of hydrogen-bond donors (Lipinski definition) is 4. The molecule has 0 radical (unpaired) electrons. The van der Waals surface area contributed by atoms with E-state index in [1.165, 1.54) is 11.3 Å². The second-order valence-electron chi connectivity index (χ2n) is 10.5. The van der Waals surface area contributed by atoms with Crippen molar-refractivity contribution in [1.82, 2.24) is 19.9 Å². The SMILES string of the molecule is CCC(C)Nc1nc(C)c(-c2nc3c(C4CC4)nccc3s2)c(NC2(O)CCC(CS(C)(=O)=O)C2O)n1. The second kappa shape index (κ2) is 9.72. The number of aliphatic hydroxyl groups is 2. The molecule has 4 N–H and O–H groups in total. The summed E-state index contributed by atoms with van der Waals surface area (Å²) in [6.45, 7) is 5.96. The van der Waals surface area contributed by atoms with Crippen LogP contribution in [0.25, 0.3) is 20.8 Å². The van der Waals surface area contributed by atoms with E-state index in [1.54, 1.807) is 0 Å². The van der Waals surface area contributed by atoms with Crippen LogP contribution in [0.4, 0.5) is 11.8 Å². The van der Waals surface area contributed by atoms with E-state index >= 15 is 0 Å². The summed E-state index contributed by atoms with van der Waals surface area (Å²) in [6.07, 6.45) is 5.33. The van der Waals surface area contributed by atoms with Crippen LogP contribution in [-0.4, -0.2) is 68.4 Å². The highest BCUT2D eigenvalue weighted by atomic mass is 32.2. The number of thiazole rings is 1. The summed E-state index contributed by atoms with van der Waals surface area (Å²) in [7, 11) is -3.31. The molecule has 4 unspecified atom stereocenters. The average Bonchev–Trinajstić information content (AvgIpc) is 3.52. The summed E-state index contributed by atoms with van der Waals surface area (Å²) in [5.74, 6) is 0.426. The van der Waals surface area contributed by atoms with E-state index in [2.05, 4.69) is 27.5 Å². The fourth-order valence-corrected chi connectivity index (χ4v) is 7.14. The van der Waals surface area contributed by atoms with E-state index in [0.717, 1.165) is 41.4 Å². The zero-order chi connectivity index (χ0) is 26.5. The van der Waals surface area contributed by atoms with E-state index in [1.807, 2.05) is 26.1 Å². The number of pyridine rings is 1. The highest BCUT2D eigenvalue weighted by Gasteiger charge is 2.48. The first-order valence-electron chi connectivity index (χ1n) is 12.7. The minimum Gasteiger partial charge on any atom is -0.388 e. The first kappa shape index (κ1) is 26.2. The maximum atomic E-state index is 11.9. The fraction of sp³-hybridized carbons (Fsp3) is 0.600. The van der Waals surface area contributed by atoms with Crippen molar-refractivity contribution in [3.63, 3.8) is 0 Å². The van der Waals surface area contributed by atoms with Crippen molar-refractivity contribution in [2.75, 3.05) is 22.6 Å². The lowest BCUT2D eigenvalue weighted by atomic mass is 10.0. The highest BCUT2D eigenvalue weighted by Crippen LogP contribution is 2.45. The molecule has 10 nitrogen and oxygen atoms in total. The van der Waals surface area contributed by atoms with Gasteiger partial charge in [-0.1, -0.05) is 6.92 Å². The van der Waals surface area contributed by atoms with Gasteiger partial charge in [0.05, 0.1) is 27.4 Å². The molecule has 0 saturated heterocycles. The van der Waals surface area contributed by atoms with Crippen molar-refractivity contribution in [3.05, 3.63) is 23.7 Å². The van der Waals surface area contributed by atoms with Crippen LogP contribution in [-0.2, 0) is 9.84 Å². The molecule has 2 aliphatic carbocycles. The van der Waals surface area contributed by atoms with Gasteiger partial charge in [0.25, 0.3) is 0 Å². The number of aryl methyl sites for hydroxylation is 1. The molecule has 4 atom stereocenters. The van der Waals surface area contributed by atoms with E-state index < -0.39 is 27.6 Å². The van der Waals surface area contributed by atoms with Gasteiger partial charge < -0.3 is 20.8 Å².